The van der Waals surface area contributed by atoms with E-state index in [0.29, 0.717) is 67.9 Å². The molecule has 4 N–H and O–H groups in total. The molecule has 0 amide bonds. The van der Waals surface area contributed by atoms with Crippen molar-refractivity contribution < 1.29 is 23.5 Å². The van der Waals surface area contributed by atoms with Crippen LogP contribution in [-0.2, 0) is 20.8 Å². The number of rotatable bonds is 11. The quantitative estimate of drug-likeness (QED) is 0.0979. The molecule has 196 valence electrons. The highest BCUT2D eigenvalue weighted by Gasteiger charge is 2.29. The number of hydrogen-bond donors (Lipinski definition) is 2. The molecule has 2 aliphatic rings. The second-order valence-electron chi connectivity index (χ2n) is 8.52. The number of nitrogen functional groups attached to an aromatic ring is 2. The predicted octanol–water partition coefficient (Wildman–Crippen LogP) is 3.03. The number of anilines is 2. The maximum Gasteiger partial charge on any atom is 0.342 e. The van der Waals surface area contributed by atoms with Gasteiger partial charge in [-0.15, -0.1) is 0 Å². The highest BCUT2D eigenvalue weighted by Crippen LogP contribution is 2.36. The molecule has 11 heteroatoms. The molecule has 0 aromatic heterocycles. The zero-order valence-corrected chi connectivity index (χ0v) is 21.6. The molecule has 3 rings (SSSR count). The van der Waals surface area contributed by atoms with Gasteiger partial charge in [-0.25, -0.2) is 9.78 Å². The summed E-state index contributed by atoms with van der Waals surface area (Å²) in [7, 11) is 1.91. The fourth-order valence-corrected chi connectivity index (χ4v) is 3.90. The van der Waals surface area contributed by atoms with Gasteiger partial charge in [0, 0.05) is 37.3 Å². The molecule has 0 spiro atoms. The van der Waals surface area contributed by atoms with Crippen molar-refractivity contribution in [2.24, 2.45) is 0 Å². The van der Waals surface area contributed by atoms with E-state index in [1.807, 2.05) is 11.9 Å². The second-order valence-corrected chi connectivity index (χ2v) is 8.52. The van der Waals surface area contributed by atoms with Gasteiger partial charge < -0.3 is 30.3 Å². The van der Waals surface area contributed by atoms with Crippen molar-refractivity contribution in [3.8, 4) is 18.0 Å². The number of hydrogen-bond acceptors (Lipinski definition) is 10. The zero-order chi connectivity index (χ0) is 26.4. The highest BCUT2D eigenvalue weighted by atomic mass is 16.5. The Hall–Kier alpha value is -4.30. The summed E-state index contributed by atoms with van der Waals surface area (Å²) in [5.41, 5.74) is 14.6. The highest BCUT2D eigenvalue weighted by molar-refractivity contribution is 6.03. The number of benzene rings is 2. The lowest BCUT2D eigenvalue weighted by Gasteiger charge is -2.20. The minimum atomic E-state index is -0.783. The summed E-state index contributed by atoms with van der Waals surface area (Å²) in [5.74, 6) is -0.640. The van der Waals surface area contributed by atoms with Crippen molar-refractivity contribution >= 4 is 34.9 Å². The fourth-order valence-electron chi connectivity index (χ4n) is 3.90. The lowest BCUT2D eigenvalue weighted by atomic mass is 10.00. The molecule has 0 bridgehead atoms. The van der Waals surface area contributed by atoms with Gasteiger partial charge in [0.15, 0.2) is 11.3 Å². The van der Waals surface area contributed by atoms with E-state index in [0.717, 1.165) is 5.56 Å². The molecule has 0 radical (unpaired) electrons. The van der Waals surface area contributed by atoms with Gasteiger partial charge in [0.05, 0.1) is 25.3 Å². The Bertz CT molecular complexity index is 1360. The standard InChI is InChI=1S/C25H29N5O6.CH3/c1-14-17(26)11-16(12-30(4)8-6-9-34-13-31)20-23(14)36-24-15(2)22(32)19(27)18(21(24)29-20)25(33)35-10-5-7-28-3;/h3,11,13H,5-10,12H2,1-2,4H3,(H3-,26,27,29,32,33);1H3/q;+1/p+1. The van der Waals surface area contributed by atoms with Crippen LogP contribution in [-0.4, -0.2) is 55.7 Å². The third kappa shape index (κ3) is 6.10. The summed E-state index contributed by atoms with van der Waals surface area (Å²) >= 11 is 0. The van der Waals surface area contributed by atoms with E-state index in [4.69, 9.17) is 36.9 Å². The first-order chi connectivity index (χ1) is 17.2. The van der Waals surface area contributed by atoms with Crippen LogP contribution in [0, 0.1) is 27.8 Å². The summed E-state index contributed by atoms with van der Waals surface area (Å²) in [5, 5.41) is 0. The van der Waals surface area contributed by atoms with E-state index in [1.165, 1.54) is 0 Å². The molecule has 0 saturated carbocycles. The van der Waals surface area contributed by atoms with Gasteiger partial charge >= 0.3 is 5.97 Å². The molecule has 0 atom stereocenters. The molecular weight excluding hydrogens is 478 g/mol. The Kier molecular flexibility index (Phi) is 9.85. The molecule has 0 unspecified atom stereocenters. The van der Waals surface area contributed by atoms with Gasteiger partial charge in [-0.05, 0) is 38.9 Å². The lowest BCUT2D eigenvalue weighted by molar-refractivity contribution is -0.128. The molecule has 1 aromatic rings. The van der Waals surface area contributed by atoms with Crippen LogP contribution >= 0.6 is 0 Å². The van der Waals surface area contributed by atoms with Crippen molar-refractivity contribution in [3.05, 3.63) is 50.8 Å². The summed E-state index contributed by atoms with van der Waals surface area (Å²) < 4.78 is 16.2. The Balaban J connectivity index is 0.00000481. The van der Waals surface area contributed by atoms with E-state index >= 15 is 0 Å². The van der Waals surface area contributed by atoms with Gasteiger partial charge in [-0.1, -0.05) is 4.85 Å². The van der Waals surface area contributed by atoms with Gasteiger partial charge in [0.25, 0.3) is 19.6 Å². The molecule has 0 saturated heterocycles. The van der Waals surface area contributed by atoms with Crippen molar-refractivity contribution in [2.45, 2.75) is 33.2 Å². The second kappa shape index (κ2) is 12.6. The number of nitrogens with two attached hydrogens (primary N) is 2. The van der Waals surface area contributed by atoms with Crippen LogP contribution in [0.1, 0.15) is 39.9 Å². The molecule has 1 heterocycles. The Morgan fingerprint density at radius 3 is 2.65 bits per heavy atom. The van der Waals surface area contributed by atoms with Crippen LogP contribution in [0.3, 0.4) is 0 Å². The van der Waals surface area contributed by atoms with Crippen LogP contribution in [0.5, 0.6) is 0 Å². The largest absolute Gasteiger partial charge is 0.468 e. The first kappa shape index (κ1) is 28.9. The number of carbonyl (C=O) groups excluding carboxylic acids is 2. The lowest BCUT2D eigenvalue weighted by Crippen LogP contribution is -2.23. The maximum absolute atomic E-state index is 12.9. The number of esters is 1. The number of carbonyl (C=O) groups is 2. The molecular formula is C26H33N5O6+2. The van der Waals surface area contributed by atoms with Crippen LogP contribution in [0.25, 0.3) is 27.4 Å². The molecule has 1 aliphatic heterocycles. The van der Waals surface area contributed by atoms with Crippen LogP contribution in [0.4, 0.5) is 11.4 Å². The SMILES string of the molecule is C#[N+]CCCOC(=O)c1c2nc3c(CN(C)CCCOC=O)cc(N)c(C)c3oc-2c(C)c(=O)c1N.[CH3+]. The number of ether oxygens (including phenoxy) is 2. The molecule has 37 heavy (non-hydrogen) atoms. The molecule has 11 nitrogen and oxygen atoms in total. The third-order valence-corrected chi connectivity index (χ3v) is 5.88. The average Bonchev–Trinajstić information content (AvgIpc) is 2.85. The van der Waals surface area contributed by atoms with Gasteiger partial charge in [0.2, 0.25) is 5.43 Å². The Morgan fingerprint density at radius 1 is 1.24 bits per heavy atom. The van der Waals surface area contributed by atoms with Crippen LogP contribution in [0.2, 0.25) is 0 Å². The minimum Gasteiger partial charge on any atom is -0.468 e. The zero-order valence-electron chi connectivity index (χ0n) is 21.6. The van der Waals surface area contributed by atoms with Crippen molar-refractivity contribution in [1.82, 2.24) is 9.88 Å². The first-order valence-electron chi connectivity index (χ1n) is 11.4. The minimum absolute atomic E-state index is 0. The van der Waals surface area contributed by atoms with Gasteiger partial charge in [-0.3, -0.25) is 9.59 Å². The average molecular weight is 512 g/mol. The molecule has 1 aromatic carbocycles. The Morgan fingerprint density at radius 2 is 1.97 bits per heavy atom. The number of fused-ring (bicyclic) bond motifs is 2. The molecule has 1 aliphatic carbocycles. The smallest absolute Gasteiger partial charge is 0.342 e. The Labute approximate surface area is 215 Å². The van der Waals surface area contributed by atoms with Crippen LogP contribution in [0.15, 0.2) is 15.3 Å². The van der Waals surface area contributed by atoms with E-state index in [9.17, 15) is 14.4 Å². The van der Waals surface area contributed by atoms with Gasteiger partial charge in [0.1, 0.15) is 16.8 Å². The van der Waals surface area contributed by atoms with E-state index in [1.54, 1.807) is 19.9 Å². The predicted molar refractivity (Wildman–Crippen MR) is 143 cm³/mol. The number of aromatic nitrogens is 1. The summed E-state index contributed by atoms with van der Waals surface area (Å²) in [6.45, 7) is 10.7. The van der Waals surface area contributed by atoms with Crippen molar-refractivity contribution in [1.29, 1.82) is 0 Å². The fraction of sp³-hybridized carbons (Fsp3) is 0.385. The van der Waals surface area contributed by atoms with Crippen LogP contribution < -0.4 is 16.9 Å². The summed E-state index contributed by atoms with van der Waals surface area (Å²) in [4.78, 5) is 46.4. The van der Waals surface area contributed by atoms with E-state index in [2.05, 4.69) is 4.85 Å². The molecule has 0 fully saturated rings. The topological polar surface area (TPSA) is 155 Å². The monoisotopic (exact) mass is 511 g/mol. The van der Waals surface area contributed by atoms with Crippen molar-refractivity contribution in [3.63, 3.8) is 0 Å². The normalized spacial score (nSPS) is 10.8. The van der Waals surface area contributed by atoms with E-state index < -0.39 is 11.4 Å². The summed E-state index contributed by atoms with van der Waals surface area (Å²) in [6, 6.07) is 1.80. The van der Waals surface area contributed by atoms with Gasteiger partial charge in [-0.2, -0.15) is 0 Å². The number of aryl methyl sites for hydroxylation is 1. The first-order valence-corrected chi connectivity index (χ1v) is 11.4. The van der Waals surface area contributed by atoms with E-state index in [-0.39, 0.29) is 42.3 Å². The maximum atomic E-state index is 12.9. The summed E-state index contributed by atoms with van der Waals surface area (Å²) in [6.07, 6.45) is 1.06. The number of nitrogens with zero attached hydrogens (tertiary/aromatic N) is 3. The third-order valence-electron chi connectivity index (χ3n) is 5.88. The van der Waals surface area contributed by atoms with Crippen molar-refractivity contribution in [2.75, 3.05) is 44.8 Å².